The monoisotopic (exact) mass is 212 g/mol. The molecule has 0 saturated heterocycles. The molecule has 0 aliphatic rings. The molecule has 0 rings (SSSR count). The highest BCUT2D eigenvalue weighted by atomic mass is 14.6. The maximum Gasteiger partial charge on any atom is -0.0201 e. The second-order valence-corrected chi connectivity index (χ2v) is 7.48. The van der Waals surface area contributed by atoms with Gasteiger partial charge in [0.2, 0.25) is 0 Å². The van der Waals surface area contributed by atoms with Crippen molar-refractivity contribution in [2.24, 2.45) is 28.1 Å². The van der Waals surface area contributed by atoms with Crippen LogP contribution in [0.3, 0.4) is 0 Å². The van der Waals surface area contributed by atoms with Crippen molar-refractivity contribution in [3.05, 3.63) is 0 Å². The van der Waals surface area contributed by atoms with Gasteiger partial charge in [0.25, 0.3) is 0 Å². The smallest absolute Gasteiger partial charge is 0.0201 e. The van der Waals surface area contributed by atoms with E-state index in [0.29, 0.717) is 28.1 Å². The van der Waals surface area contributed by atoms with Gasteiger partial charge in [-0.05, 0) is 28.1 Å². The molecule has 0 amide bonds. The van der Waals surface area contributed by atoms with E-state index in [1.165, 1.54) is 0 Å². The fourth-order valence-corrected chi connectivity index (χ4v) is 3.18. The Morgan fingerprint density at radius 2 is 0.933 bits per heavy atom. The summed E-state index contributed by atoms with van der Waals surface area (Å²) in [5.41, 5.74) is 1.06. The fourth-order valence-electron chi connectivity index (χ4n) is 3.18. The van der Waals surface area contributed by atoms with Crippen LogP contribution in [0.4, 0.5) is 0 Å². The molecule has 0 aromatic rings. The van der Waals surface area contributed by atoms with Crippen LogP contribution in [0.25, 0.3) is 0 Å². The highest BCUT2D eigenvalue weighted by Gasteiger charge is 2.51. The lowest BCUT2D eigenvalue weighted by Gasteiger charge is -2.58. The van der Waals surface area contributed by atoms with Crippen molar-refractivity contribution in [3.63, 3.8) is 0 Å². The van der Waals surface area contributed by atoms with Crippen molar-refractivity contribution in [1.82, 2.24) is 0 Å². The maximum absolute atomic E-state index is 2.47. The van der Waals surface area contributed by atoms with Gasteiger partial charge in [-0.25, -0.2) is 0 Å². The predicted octanol–water partition coefficient (Wildman–Crippen LogP) is 5.38. The van der Waals surface area contributed by atoms with E-state index in [4.69, 9.17) is 0 Å². The van der Waals surface area contributed by atoms with Crippen molar-refractivity contribution in [1.29, 1.82) is 0 Å². The van der Waals surface area contributed by atoms with Gasteiger partial charge in [0, 0.05) is 0 Å². The lowest BCUT2D eigenvalue weighted by atomic mass is 9.47. The molecule has 0 radical (unpaired) electrons. The lowest BCUT2D eigenvalue weighted by Crippen LogP contribution is -2.51. The molecule has 92 valence electrons. The van der Waals surface area contributed by atoms with Crippen LogP contribution in [0.1, 0.15) is 69.2 Å². The number of rotatable bonds is 3. The molecule has 0 aliphatic heterocycles. The Hall–Kier alpha value is 0. The Bertz CT molecular complexity index is 203. The van der Waals surface area contributed by atoms with Crippen LogP contribution in [-0.4, -0.2) is 0 Å². The van der Waals surface area contributed by atoms with Gasteiger partial charge < -0.3 is 0 Å². The summed E-state index contributed by atoms with van der Waals surface area (Å²) in [5.74, 6) is 1.42. The number of hydrogen-bond donors (Lipinski definition) is 0. The van der Waals surface area contributed by atoms with E-state index in [9.17, 15) is 0 Å². The molecule has 1 atom stereocenters. The van der Waals surface area contributed by atoms with Crippen LogP contribution < -0.4 is 0 Å². The Morgan fingerprint density at radius 3 is 1.00 bits per heavy atom. The summed E-state index contributed by atoms with van der Waals surface area (Å²) >= 11 is 0. The van der Waals surface area contributed by atoms with E-state index in [0.717, 1.165) is 0 Å². The molecule has 0 aromatic carbocycles. The van der Waals surface area contributed by atoms with Crippen molar-refractivity contribution in [2.75, 3.05) is 0 Å². The lowest BCUT2D eigenvalue weighted by molar-refractivity contribution is -0.0919. The largest absolute Gasteiger partial charge is 0.0622 e. The zero-order chi connectivity index (χ0) is 12.7. The first-order valence-corrected chi connectivity index (χ1v) is 6.39. The summed E-state index contributed by atoms with van der Waals surface area (Å²) in [5, 5.41) is 0. The Balaban J connectivity index is 5.51. The molecule has 0 N–H and O–H groups in total. The second-order valence-electron chi connectivity index (χ2n) is 7.48. The highest BCUT2D eigenvalue weighted by molar-refractivity contribution is 5.00. The molecule has 0 saturated carbocycles. The maximum atomic E-state index is 2.47. The van der Waals surface area contributed by atoms with Crippen LogP contribution >= 0.6 is 0 Å². The normalized spacial score (nSPS) is 18.4. The first-order chi connectivity index (χ1) is 6.39. The van der Waals surface area contributed by atoms with Crippen molar-refractivity contribution in [2.45, 2.75) is 69.2 Å². The van der Waals surface area contributed by atoms with Gasteiger partial charge in [0.15, 0.2) is 0 Å². The highest BCUT2D eigenvalue weighted by Crippen LogP contribution is 2.58. The molecule has 0 bridgehead atoms. The SMILES string of the molecule is CC(C)C(C)(C)C(C)(C(C)C)C(C)(C)C. The average molecular weight is 212 g/mol. The van der Waals surface area contributed by atoms with E-state index < -0.39 is 0 Å². The molecular weight excluding hydrogens is 180 g/mol. The summed E-state index contributed by atoms with van der Waals surface area (Å²) in [7, 11) is 0. The number of hydrogen-bond acceptors (Lipinski definition) is 0. The summed E-state index contributed by atoms with van der Waals surface area (Å²) in [6, 6.07) is 0. The summed E-state index contributed by atoms with van der Waals surface area (Å²) < 4.78 is 0. The molecule has 0 aromatic heterocycles. The van der Waals surface area contributed by atoms with E-state index in [1.807, 2.05) is 0 Å². The second kappa shape index (κ2) is 4.11. The topological polar surface area (TPSA) is 0 Å². The molecule has 0 fully saturated rings. The molecule has 1 unspecified atom stereocenters. The van der Waals surface area contributed by atoms with Gasteiger partial charge in [0.05, 0.1) is 0 Å². The minimum Gasteiger partial charge on any atom is -0.0622 e. The minimum atomic E-state index is 0.342. The Kier molecular flexibility index (Phi) is 4.11. The van der Waals surface area contributed by atoms with Crippen LogP contribution in [0.15, 0.2) is 0 Å². The Morgan fingerprint density at radius 1 is 0.600 bits per heavy atom. The van der Waals surface area contributed by atoms with Gasteiger partial charge in [0.1, 0.15) is 0 Å². The van der Waals surface area contributed by atoms with Crippen LogP contribution in [0.2, 0.25) is 0 Å². The fraction of sp³-hybridized carbons (Fsp3) is 1.00. The quantitative estimate of drug-likeness (QED) is 0.589. The molecule has 0 heterocycles. The van der Waals surface area contributed by atoms with Gasteiger partial charge in [-0.2, -0.15) is 0 Å². The van der Waals surface area contributed by atoms with E-state index >= 15 is 0 Å². The van der Waals surface area contributed by atoms with Gasteiger partial charge in [-0.15, -0.1) is 0 Å². The van der Waals surface area contributed by atoms with Crippen LogP contribution in [0, 0.1) is 28.1 Å². The summed E-state index contributed by atoms with van der Waals surface area (Å²) in [6.07, 6.45) is 0. The summed E-state index contributed by atoms with van der Waals surface area (Å²) in [6.45, 7) is 23.9. The molecule has 15 heavy (non-hydrogen) atoms. The molecule has 0 nitrogen and oxygen atoms in total. The standard InChI is InChI=1S/C15H32/c1-11(2)14(8,9)15(10,12(3)4)13(5,6)7/h11-12H,1-10H3. The summed E-state index contributed by atoms with van der Waals surface area (Å²) in [4.78, 5) is 0. The molecule has 0 spiro atoms. The average Bonchev–Trinajstić information content (AvgIpc) is 1.99. The first kappa shape index (κ1) is 15.0. The predicted molar refractivity (Wildman–Crippen MR) is 71.0 cm³/mol. The van der Waals surface area contributed by atoms with Crippen LogP contribution in [0.5, 0.6) is 0 Å². The van der Waals surface area contributed by atoms with Crippen molar-refractivity contribution >= 4 is 0 Å². The molecule has 0 heteroatoms. The van der Waals surface area contributed by atoms with Gasteiger partial charge in [-0.3, -0.25) is 0 Å². The van der Waals surface area contributed by atoms with Gasteiger partial charge >= 0.3 is 0 Å². The minimum absolute atomic E-state index is 0.342. The van der Waals surface area contributed by atoms with E-state index in [1.54, 1.807) is 0 Å². The van der Waals surface area contributed by atoms with E-state index in [2.05, 4.69) is 69.2 Å². The van der Waals surface area contributed by atoms with Crippen molar-refractivity contribution in [3.8, 4) is 0 Å². The van der Waals surface area contributed by atoms with Crippen molar-refractivity contribution < 1.29 is 0 Å². The third-order valence-electron chi connectivity index (χ3n) is 5.49. The molecule has 0 aliphatic carbocycles. The zero-order valence-corrected chi connectivity index (χ0v) is 12.7. The Labute approximate surface area is 97.8 Å². The van der Waals surface area contributed by atoms with E-state index in [-0.39, 0.29) is 0 Å². The first-order valence-electron chi connectivity index (χ1n) is 6.39. The zero-order valence-electron chi connectivity index (χ0n) is 12.7. The van der Waals surface area contributed by atoms with Gasteiger partial charge in [-0.1, -0.05) is 69.2 Å². The van der Waals surface area contributed by atoms with Crippen LogP contribution in [-0.2, 0) is 0 Å². The third-order valence-corrected chi connectivity index (χ3v) is 5.49. The molecular formula is C15H32. The third kappa shape index (κ3) is 2.24.